The Kier molecular flexibility index (Phi) is 8.83. The average molecular weight is 369 g/mol. The lowest BCUT2D eigenvalue weighted by Crippen LogP contribution is -2.51. The fraction of sp³-hybridized carbons (Fsp3) is 0.765. The molecule has 0 heterocycles. The highest BCUT2D eigenvalue weighted by atomic mass is 16.4. The van der Waals surface area contributed by atoms with Gasteiger partial charge in [0.2, 0.25) is 11.8 Å². The summed E-state index contributed by atoms with van der Waals surface area (Å²) < 4.78 is 0. The first-order chi connectivity index (χ1) is 11.8. The second kappa shape index (κ2) is 9.59. The third-order valence-electron chi connectivity index (χ3n) is 4.56. The summed E-state index contributed by atoms with van der Waals surface area (Å²) in [6.07, 6.45) is 0.700. The molecule has 0 bridgehead atoms. The second-order valence-electron chi connectivity index (χ2n) is 7.74. The van der Waals surface area contributed by atoms with E-state index in [4.69, 9.17) is 10.2 Å². The number of hydrogen-bond acceptors (Lipinski definition) is 4. The van der Waals surface area contributed by atoms with E-state index in [0.29, 0.717) is 6.42 Å². The molecular formula is C17H30BN2O6. The molecule has 0 aromatic heterocycles. The maximum atomic E-state index is 12.6. The predicted molar refractivity (Wildman–Crippen MR) is 97.6 cm³/mol. The minimum atomic E-state index is -1.85. The van der Waals surface area contributed by atoms with Crippen LogP contribution in [-0.2, 0) is 19.2 Å². The molecule has 4 N–H and O–H groups in total. The summed E-state index contributed by atoms with van der Waals surface area (Å²) in [6.45, 7) is 11.1. The zero-order chi connectivity index (χ0) is 20.7. The number of carboxylic acids is 2. The molecule has 26 heavy (non-hydrogen) atoms. The van der Waals surface area contributed by atoms with Gasteiger partial charge in [0.25, 0.3) is 7.41 Å². The summed E-state index contributed by atoms with van der Waals surface area (Å²) in [7, 11) is 1.54. The summed E-state index contributed by atoms with van der Waals surface area (Å²) in [4.78, 5) is 47.4. The average Bonchev–Trinajstić information content (AvgIpc) is 2.52. The van der Waals surface area contributed by atoms with E-state index in [9.17, 15) is 19.2 Å². The lowest BCUT2D eigenvalue weighted by atomic mass is 9.61. The summed E-state index contributed by atoms with van der Waals surface area (Å²) in [5.41, 5.74) is -0.607. The van der Waals surface area contributed by atoms with Crippen LogP contribution in [0.3, 0.4) is 0 Å². The van der Waals surface area contributed by atoms with Crippen LogP contribution in [0.4, 0.5) is 0 Å². The molecule has 0 aromatic rings. The van der Waals surface area contributed by atoms with Crippen molar-refractivity contribution in [1.82, 2.24) is 10.5 Å². The van der Waals surface area contributed by atoms with Gasteiger partial charge in [0, 0.05) is 5.54 Å². The van der Waals surface area contributed by atoms with Crippen LogP contribution >= 0.6 is 0 Å². The third-order valence-corrected chi connectivity index (χ3v) is 4.56. The first-order valence-corrected chi connectivity index (χ1v) is 8.68. The molecule has 0 fully saturated rings. The summed E-state index contributed by atoms with van der Waals surface area (Å²) in [5, 5.41) is 23.1. The molecule has 9 heteroatoms. The van der Waals surface area contributed by atoms with Crippen molar-refractivity contribution in [3.05, 3.63) is 0 Å². The molecule has 1 radical (unpaired) electrons. The second-order valence-corrected chi connectivity index (χ2v) is 7.74. The van der Waals surface area contributed by atoms with Gasteiger partial charge in [-0.25, -0.2) is 0 Å². The zero-order valence-electron chi connectivity index (χ0n) is 16.4. The highest BCUT2D eigenvalue weighted by Crippen LogP contribution is 2.25. The van der Waals surface area contributed by atoms with Crippen molar-refractivity contribution < 1.29 is 29.4 Å². The number of amides is 2. The summed E-state index contributed by atoms with van der Waals surface area (Å²) in [5.74, 6) is -7.86. The van der Waals surface area contributed by atoms with Crippen LogP contribution in [0.5, 0.6) is 0 Å². The first kappa shape index (κ1) is 23.9. The van der Waals surface area contributed by atoms with Gasteiger partial charge in [0.05, 0.1) is 0 Å². The minimum absolute atomic E-state index is 0.321. The third kappa shape index (κ3) is 7.88. The van der Waals surface area contributed by atoms with Crippen LogP contribution in [-0.4, -0.2) is 46.9 Å². The zero-order valence-corrected chi connectivity index (χ0v) is 16.4. The van der Waals surface area contributed by atoms with Gasteiger partial charge in [-0.05, 0) is 32.0 Å². The fourth-order valence-corrected chi connectivity index (χ4v) is 1.85. The largest absolute Gasteiger partial charge is 0.481 e. The molecule has 8 nitrogen and oxygen atoms in total. The van der Waals surface area contributed by atoms with Crippen molar-refractivity contribution in [1.29, 1.82) is 0 Å². The molecule has 0 saturated heterocycles. The van der Waals surface area contributed by atoms with Gasteiger partial charge in [-0.2, -0.15) is 0 Å². The van der Waals surface area contributed by atoms with E-state index in [1.54, 1.807) is 13.8 Å². The number of nitrogens with one attached hydrogen (secondary N) is 2. The van der Waals surface area contributed by atoms with E-state index in [2.05, 4.69) is 10.5 Å². The van der Waals surface area contributed by atoms with E-state index in [1.165, 1.54) is 7.41 Å². The monoisotopic (exact) mass is 369 g/mol. The molecule has 0 aliphatic carbocycles. The van der Waals surface area contributed by atoms with Crippen molar-refractivity contribution in [2.45, 2.75) is 71.7 Å². The Morgan fingerprint density at radius 3 is 1.77 bits per heavy atom. The minimum Gasteiger partial charge on any atom is -0.481 e. The van der Waals surface area contributed by atoms with Crippen molar-refractivity contribution in [2.24, 2.45) is 11.8 Å². The van der Waals surface area contributed by atoms with Crippen molar-refractivity contribution >= 4 is 31.2 Å². The van der Waals surface area contributed by atoms with Gasteiger partial charge in [-0.15, -0.1) is 0 Å². The van der Waals surface area contributed by atoms with Crippen LogP contribution in [0.15, 0.2) is 0 Å². The Labute approximate surface area is 155 Å². The van der Waals surface area contributed by atoms with E-state index in [-0.39, 0.29) is 5.31 Å². The quantitative estimate of drug-likeness (QED) is 0.322. The van der Waals surface area contributed by atoms with Gasteiger partial charge >= 0.3 is 11.9 Å². The maximum absolute atomic E-state index is 12.6. The topological polar surface area (TPSA) is 133 Å². The number of carboxylic acid groups (broad SMARTS) is 2. The standard InChI is InChI=1S/C17H30BN2O6/c1-7-16(3,4)18-20-13(22)10(9-11(14(23)24)15(25)26)12(21)19-17(5,6)8-2/h10-11H,7-9H2,1-6H3,(H,19,21)(H,20,22)(H,23,24)(H,25,26). The number of rotatable bonds is 11. The molecule has 0 aromatic carbocycles. The van der Waals surface area contributed by atoms with Gasteiger partial charge in [-0.1, -0.05) is 34.1 Å². The number of hydrogen-bond donors (Lipinski definition) is 4. The fourth-order valence-electron chi connectivity index (χ4n) is 1.85. The van der Waals surface area contributed by atoms with Gasteiger partial charge in [0.1, 0.15) is 5.92 Å². The van der Waals surface area contributed by atoms with E-state index >= 15 is 0 Å². The van der Waals surface area contributed by atoms with Gasteiger partial charge in [-0.3, -0.25) is 19.2 Å². The van der Waals surface area contributed by atoms with Crippen LogP contribution in [0, 0.1) is 11.8 Å². The number of carbonyl (C=O) groups excluding carboxylic acids is 2. The predicted octanol–water partition coefficient (Wildman–Crippen LogP) is 1.43. The van der Waals surface area contributed by atoms with Crippen LogP contribution in [0.1, 0.15) is 60.8 Å². The molecule has 0 saturated carbocycles. The van der Waals surface area contributed by atoms with Gasteiger partial charge < -0.3 is 20.8 Å². The SMILES string of the molecule is CCC(C)(C)[B]NC(=O)C(CC(C(=O)O)C(=O)O)C(=O)NC(C)(C)CC. The Bertz CT molecular complexity index is 533. The molecular weight excluding hydrogens is 339 g/mol. The highest BCUT2D eigenvalue weighted by molar-refractivity contribution is 6.41. The molecule has 0 aliphatic heterocycles. The molecule has 0 spiro atoms. The lowest BCUT2D eigenvalue weighted by molar-refractivity contribution is -0.155. The lowest BCUT2D eigenvalue weighted by Gasteiger charge is -2.28. The molecule has 0 rings (SSSR count). The van der Waals surface area contributed by atoms with Crippen LogP contribution in [0.2, 0.25) is 5.31 Å². The van der Waals surface area contributed by atoms with Crippen molar-refractivity contribution in [2.75, 3.05) is 0 Å². The Morgan fingerprint density at radius 1 is 0.885 bits per heavy atom. The van der Waals surface area contributed by atoms with Crippen LogP contribution in [0.25, 0.3) is 0 Å². The van der Waals surface area contributed by atoms with Gasteiger partial charge in [0.15, 0.2) is 5.92 Å². The smallest absolute Gasteiger partial charge is 0.317 e. The number of aliphatic carboxylic acids is 2. The van der Waals surface area contributed by atoms with E-state index in [1.807, 2.05) is 27.7 Å². The molecule has 0 aliphatic rings. The van der Waals surface area contributed by atoms with E-state index < -0.39 is 47.5 Å². The maximum Gasteiger partial charge on any atom is 0.317 e. The van der Waals surface area contributed by atoms with Crippen molar-refractivity contribution in [3.63, 3.8) is 0 Å². The van der Waals surface area contributed by atoms with Crippen LogP contribution < -0.4 is 10.5 Å². The Morgan fingerprint density at radius 2 is 1.38 bits per heavy atom. The number of carbonyl (C=O) groups is 4. The summed E-state index contributed by atoms with van der Waals surface area (Å²) >= 11 is 0. The molecule has 1 unspecified atom stereocenters. The summed E-state index contributed by atoms with van der Waals surface area (Å²) in [6, 6.07) is 0. The first-order valence-electron chi connectivity index (χ1n) is 8.68. The highest BCUT2D eigenvalue weighted by Gasteiger charge is 2.38. The van der Waals surface area contributed by atoms with E-state index in [0.717, 1.165) is 6.42 Å². The molecule has 2 amide bonds. The molecule has 147 valence electrons. The molecule has 1 atom stereocenters. The Hall–Kier alpha value is -2.06. The Balaban J connectivity index is 5.45. The normalized spacial score (nSPS) is 13.0. The van der Waals surface area contributed by atoms with Crippen molar-refractivity contribution in [3.8, 4) is 0 Å².